The van der Waals surface area contributed by atoms with Crippen LogP contribution in [0.4, 0.5) is 0 Å². The average Bonchev–Trinajstić information content (AvgIpc) is 2.23. The summed E-state index contributed by atoms with van der Waals surface area (Å²) in [5, 5.41) is 9.65. The van der Waals surface area contributed by atoms with Crippen LogP contribution in [0.1, 0.15) is 6.42 Å². The van der Waals surface area contributed by atoms with Crippen molar-refractivity contribution in [3.63, 3.8) is 0 Å². The second-order valence-corrected chi connectivity index (χ2v) is 8.11. The Morgan fingerprint density at radius 2 is 2.18 bits per heavy atom. The Kier molecular flexibility index (Phi) is 5.99. The Hall–Kier alpha value is -0.0400. The summed E-state index contributed by atoms with van der Waals surface area (Å²) in [5.41, 5.74) is 0. The molecule has 0 saturated carbocycles. The van der Waals surface area contributed by atoms with Crippen molar-refractivity contribution in [3.8, 4) is 0 Å². The quantitative estimate of drug-likeness (QED) is 0.809. The summed E-state index contributed by atoms with van der Waals surface area (Å²) < 4.78 is 22.9. The van der Waals surface area contributed by atoms with E-state index in [4.69, 9.17) is 0 Å². The van der Waals surface area contributed by atoms with Crippen LogP contribution < -0.4 is 0 Å². The van der Waals surface area contributed by atoms with Crippen LogP contribution in [0.15, 0.2) is 33.6 Å². The number of hydrogen-bond acceptors (Lipinski definition) is 4. The molecule has 17 heavy (non-hydrogen) atoms. The van der Waals surface area contributed by atoms with Crippen molar-refractivity contribution in [2.45, 2.75) is 17.4 Å². The molecule has 1 aromatic rings. The Balaban J connectivity index is 2.36. The van der Waals surface area contributed by atoms with Gasteiger partial charge in [-0.15, -0.1) is 11.8 Å². The molecule has 96 valence electrons. The molecule has 1 atom stereocenters. The van der Waals surface area contributed by atoms with Gasteiger partial charge in [-0.05, 0) is 24.6 Å². The molecule has 0 aliphatic carbocycles. The zero-order chi connectivity index (χ0) is 12.9. The lowest BCUT2D eigenvalue weighted by atomic mass is 10.3. The lowest BCUT2D eigenvalue weighted by Crippen LogP contribution is -2.16. The second-order valence-electron chi connectivity index (χ2n) is 3.84. The summed E-state index contributed by atoms with van der Waals surface area (Å²) in [6, 6.07) is 7.78. The van der Waals surface area contributed by atoms with Crippen molar-refractivity contribution >= 4 is 37.5 Å². The SMILES string of the molecule is CS(=O)(=O)CCC(O)CSc1cccc(Br)c1. The highest BCUT2D eigenvalue weighted by Crippen LogP contribution is 2.23. The largest absolute Gasteiger partial charge is 0.392 e. The Morgan fingerprint density at radius 3 is 2.76 bits per heavy atom. The minimum Gasteiger partial charge on any atom is -0.392 e. The number of benzene rings is 1. The molecule has 1 N–H and O–H groups in total. The van der Waals surface area contributed by atoms with Crippen molar-refractivity contribution in [2.24, 2.45) is 0 Å². The van der Waals surface area contributed by atoms with Crippen molar-refractivity contribution in [2.75, 3.05) is 17.8 Å². The van der Waals surface area contributed by atoms with Gasteiger partial charge in [0.25, 0.3) is 0 Å². The fourth-order valence-electron chi connectivity index (χ4n) is 1.18. The predicted molar refractivity (Wildman–Crippen MR) is 75.2 cm³/mol. The van der Waals surface area contributed by atoms with E-state index < -0.39 is 15.9 Å². The Labute approximate surface area is 115 Å². The van der Waals surface area contributed by atoms with Crippen LogP contribution in [-0.2, 0) is 9.84 Å². The third-order valence-corrected chi connectivity index (χ3v) is 4.67. The molecule has 0 saturated heterocycles. The predicted octanol–water partition coefficient (Wildman–Crippen LogP) is 2.34. The van der Waals surface area contributed by atoms with Crippen molar-refractivity contribution in [1.29, 1.82) is 0 Å². The summed E-state index contributed by atoms with van der Waals surface area (Å²) in [6.07, 6.45) is 0.884. The summed E-state index contributed by atoms with van der Waals surface area (Å²) in [6.45, 7) is 0. The van der Waals surface area contributed by atoms with Crippen LogP contribution in [0, 0.1) is 0 Å². The summed E-state index contributed by atoms with van der Waals surface area (Å²) in [5.74, 6) is 0.541. The molecule has 0 aliphatic rings. The van der Waals surface area contributed by atoms with Gasteiger partial charge in [0.05, 0.1) is 11.9 Å². The molecular formula is C11H15BrO3S2. The molecule has 0 aromatic heterocycles. The van der Waals surface area contributed by atoms with Crippen LogP contribution in [0.5, 0.6) is 0 Å². The van der Waals surface area contributed by atoms with Gasteiger partial charge < -0.3 is 5.11 Å². The molecule has 0 amide bonds. The number of aliphatic hydroxyl groups excluding tert-OH is 1. The van der Waals surface area contributed by atoms with Gasteiger partial charge in [-0.2, -0.15) is 0 Å². The Morgan fingerprint density at radius 1 is 1.47 bits per heavy atom. The van der Waals surface area contributed by atoms with Gasteiger partial charge in [-0.1, -0.05) is 22.0 Å². The highest BCUT2D eigenvalue weighted by Gasteiger charge is 2.09. The fourth-order valence-corrected chi connectivity index (χ4v) is 3.37. The molecule has 0 heterocycles. The van der Waals surface area contributed by atoms with E-state index in [1.807, 2.05) is 24.3 Å². The van der Waals surface area contributed by atoms with Crippen LogP contribution >= 0.6 is 27.7 Å². The van der Waals surface area contributed by atoms with E-state index in [1.165, 1.54) is 18.0 Å². The lowest BCUT2D eigenvalue weighted by Gasteiger charge is -2.09. The van der Waals surface area contributed by atoms with Crippen molar-refractivity contribution < 1.29 is 13.5 Å². The number of sulfone groups is 1. The van der Waals surface area contributed by atoms with E-state index in [2.05, 4.69) is 15.9 Å². The van der Waals surface area contributed by atoms with E-state index in [9.17, 15) is 13.5 Å². The average molecular weight is 339 g/mol. The van der Waals surface area contributed by atoms with E-state index in [0.29, 0.717) is 12.2 Å². The number of aliphatic hydroxyl groups is 1. The zero-order valence-electron chi connectivity index (χ0n) is 9.47. The number of halogens is 1. The van der Waals surface area contributed by atoms with E-state index in [-0.39, 0.29) is 5.75 Å². The Bertz CT molecular complexity index is 460. The zero-order valence-corrected chi connectivity index (χ0v) is 12.7. The summed E-state index contributed by atoms with van der Waals surface area (Å²) in [7, 11) is -2.99. The first kappa shape index (κ1) is 15.0. The second kappa shape index (κ2) is 6.78. The monoisotopic (exact) mass is 338 g/mol. The van der Waals surface area contributed by atoms with Gasteiger partial charge in [0, 0.05) is 21.4 Å². The van der Waals surface area contributed by atoms with Gasteiger partial charge in [-0.3, -0.25) is 0 Å². The molecule has 1 rings (SSSR count). The third-order valence-electron chi connectivity index (χ3n) is 2.06. The molecule has 0 aliphatic heterocycles. The molecule has 0 fully saturated rings. The first-order valence-electron chi connectivity index (χ1n) is 5.11. The van der Waals surface area contributed by atoms with Gasteiger partial charge in [0.1, 0.15) is 9.84 Å². The number of hydrogen-bond donors (Lipinski definition) is 1. The molecule has 0 bridgehead atoms. The maximum Gasteiger partial charge on any atom is 0.147 e. The third kappa shape index (κ3) is 7.08. The minimum absolute atomic E-state index is 0.0349. The lowest BCUT2D eigenvalue weighted by molar-refractivity contribution is 0.196. The number of thioether (sulfide) groups is 1. The summed E-state index contributed by atoms with van der Waals surface area (Å²) >= 11 is 4.89. The smallest absolute Gasteiger partial charge is 0.147 e. The van der Waals surface area contributed by atoms with E-state index in [0.717, 1.165) is 9.37 Å². The van der Waals surface area contributed by atoms with E-state index in [1.54, 1.807) is 0 Å². The van der Waals surface area contributed by atoms with E-state index >= 15 is 0 Å². The number of rotatable bonds is 6. The maximum atomic E-state index is 10.9. The molecular weight excluding hydrogens is 324 g/mol. The molecule has 0 radical (unpaired) electrons. The van der Waals surface area contributed by atoms with Crippen LogP contribution in [0.3, 0.4) is 0 Å². The first-order valence-corrected chi connectivity index (χ1v) is 8.95. The fraction of sp³-hybridized carbons (Fsp3) is 0.455. The maximum absolute atomic E-state index is 10.9. The molecule has 6 heteroatoms. The molecule has 0 spiro atoms. The van der Waals surface area contributed by atoms with Gasteiger partial charge in [0.15, 0.2) is 0 Å². The highest BCUT2D eigenvalue weighted by atomic mass is 79.9. The topological polar surface area (TPSA) is 54.4 Å². The van der Waals surface area contributed by atoms with Crippen molar-refractivity contribution in [1.82, 2.24) is 0 Å². The van der Waals surface area contributed by atoms with Crippen LogP contribution in [0.2, 0.25) is 0 Å². The minimum atomic E-state index is -2.99. The summed E-state index contributed by atoms with van der Waals surface area (Å²) in [4.78, 5) is 1.05. The standard InChI is InChI=1S/C11H15BrO3S2/c1-17(14,15)6-5-10(13)8-16-11-4-2-3-9(12)7-11/h2-4,7,10,13H,5-6,8H2,1H3. The van der Waals surface area contributed by atoms with Gasteiger partial charge in [0.2, 0.25) is 0 Å². The highest BCUT2D eigenvalue weighted by molar-refractivity contribution is 9.10. The molecule has 1 unspecified atom stereocenters. The molecule has 1 aromatic carbocycles. The first-order chi connectivity index (χ1) is 7.87. The molecule has 3 nitrogen and oxygen atoms in total. The van der Waals surface area contributed by atoms with Gasteiger partial charge >= 0.3 is 0 Å². The van der Waals surface area contributed by atoms with Gasteiger partial charge in [-0.25, -0.2) is 8.42 Å². The van der Waals surface area contributed by atoms with Crippen molar-refractivity contribution in [3.05, 3.63) is 28.7 Å². The van der Waals surface area contributed by atoms with Crippen LogP contribution in [-0.4, -0.2) is 37.4 Å². The normalized spacial score (nSPS) is 13.6. The van der Waals surface area contributed by atoms with Crippen LogP contribution in [0.25, 0.3) is 0 Å².